The van der Waals surface area contributed by atoms with Crippen LogP contribution in [0.15, 0.2) is 54.6 Å². The van der Waals surface area contributed by atoms with E-state index >= 15 is 0 Å². The molecule has 4 unspecified atom stereocenters. The van der Waals surface area contributed by atoms with Crippen molar-refractivity contribution in [1.29, 1.82) is 0 Å². The van der Waals surface area contributed by atoms with Gasteiger partial charge in [0.05, 0.1) is 6.42 Å². The van der Waals surface area contributed by atoms with Crippen LogP contribution in [0.1, 0.15) is 29.6 Å². The van der Waals surface area contributed by atoms with Gasteiger partial charge in [-0.2, -0.15) is 15.0 Å². The molecule has 0 spiro atoms. The minimum Gasteiger partial charge on any atom is -0.338 e. The molecular formula is C28H37N11O2. The van der Waals surface area contributed by atoms with Crippen LogP contribution in [0, 0.1) is 0 Å². The summed E-state index contributed by atoms with van der Waals surface area (Å²) in [4.78, 5) is 43.0. The highest BCUT2D eigenvalue weighted by atomic mass is 16.2. The van der Waals surface area contributed by atoms with Gasteiger partial charge in [0, 0.05) is 67.3 Å². The third-order valence-corrected chi connectivity index (χ3v) is 7.05. The Bertz CT molecular complexity index is 1290. The topological polar surface area (TPSA) is 207 Å². The van der Waals surface area contributed by atoms with Crippen molar-refractivity contribution >= 4 is 40.9 Å². The first-order valence-corrected chi connectivity index (χ1v) is 13.8. The minimum absolute atomic E-state index is 0.0907. The zero-order valence-corrected chi connectivity index (χ0v) is 22.8. The van der Waals surface area contributed by atoms with Gasteiger partial charge >= 0.3 is 0 Å². The van der Waals surface area contributed by atoms with Crippen LogP contribution in [-0.2, 0) is 4.79 Å². The van der Waals surface area contributed by atoms with E-state index in [0.29, 0.717) is 61.0 Å². The lowest BCUT2D eigenvalue weighted by Gasteiger charge is -2.37. The average Bonchev–Trinajstić information content (AvgIpc) is 2.92. The number of rotatable bonds is 8. The molecule has 3 heterocycles. The first-order chi connectivity index (χ1) is 19.7. The number of anilines is 5. The molecule has 4 atom stereocenters. The van der Waals surface area contributed by atoms with E-state index in [1.807, 2.05) is 28.0 Å². The Hall–Kier alpha value is -4.17. The van der Waals surface area contributed by atoms with Gasteiger partial charge in [0.1, 0.15) is 0 Å². The van der Waals surface area contributed by atoms with Crippen LogP contribution in [0.2, 0.25) is 0 Å². The van der Waals surface area contributed by atoms with Crippen molar-refractivity contribution in [2.45, 2.75) is 43.4 Å². The van der Waals surface area contributed by atoms with E-state index in [1.54, 1.807) is 36.4 Å². The highest BCUT2D eigenvalue weighted by molar-refractivity contribution is 6.11. The lowest BCUT2D eigenvalue weighted by molar-refractivity contribution is -0.115. The van der Waals surface area contributed by atoms with E-state index < -0.39 is 0 Å². The first kappa shape index (κ1) is 28.4. The van der Waals surface area contributed by atoms with Crippen LogP contribution in [0.3, 0.4) is 0 Å². The second kappa shape index (κ2) is 12.6. The van der Waals surface area contributed by atoms with E-state index in [9.17, 15) is 9.59 Å². The largest absolute Gasteiger partial charge is 0.338 e. The molecule has 3 aromatic rings. The monoisotopic (exact) mass is 559 g/mol. The van der Waals surface area contributed by atoms with Crippen LogP contribution in [0.4, 0.5) is 29.2 Å². The maximum atomic E-state index is 12.7. The lowest BCUT2D eigenvalue weighted by Crippen LogP contribution is -2.54. The molecule has 2 aromatic carbocycles. The number of benzene rings is 2. The van der Waals surface area contributed by atoms with Gasteiger partial charge < -0.3 is 43.4 Å². The van der Waals surface area contributed by atoms with Crippen molar-refractivity contribution in [2.75, 3.05) is 46.6 Å². The molecule has 216 valence electrons. The summed E-state index contributed by atoms with van der Waals surface area (Å²) in [5.41, 5.74) is 26.7. The lowest BCUT2D eigenvalue weighted by atomic mass is 10.0. The summed E-state index contributed by atoms with van der Waals surface area (Å²) in [7, 11) is 0. The van der Waals surface area contributed by atoms with Crippen LogP contribution >= 0.6 is 0 Å². The SMILES string of the molecule is NC1CC(N)CN(c2nc(Nc3ccc(C(=O)CC(=O)Nc4ccccc4)cc3)nc(N3CC(N)CC(N)C3)n2)C1. The molecule has 13 heteroatoms. The molecule has 2 aliphatic rings. The third-order valence-electron chi connectivity index (χ3n) is 7.05. The molecule has 2 fully saturated rings. The molecule has 13 nitrogen and oxygen atoms in total. The first-order valence-electron chi connectivity index (χ1n) is 13.8. The summed E-state index contributed by atoms with van der Waals surface area (Å²) in [5.74, 6) is 0.596. The number of para-hydroxylation sites is 1. The number of hydrogen-bond donors (Lipinski definition) is 6. The standard InChI is InChI=1S/C28H37N11O2/c29-18-10-19(30)14-38(13-18)27-35-26(36-28(37-27)39-15-20(31)11-21(32)16-39)34-23-8-6-17(7-9-23)24(40)12-25(41)33-22-4-2-1-3-5-22/h1-9,18-21H,10-16,29-32H2,(H,33,41)(H,34,35,36,37). The number of Topliss-reactive ketones (excluding diaryl/α,β-unsaturated/α-hetero) is 1. The zero-order chi connectivity index (χ0) is 28.9. The molecule has 10 N–H and O–H groups in total. The summed E-state index contributed by atoms with van der Waals surface area (Å²) < 4.78 is 0. The third kappa shape index (κ3) is 7.52. The fourth-order valence-electron chi connectivity index (χ4n) is 5.22. The normalized spacial score (nSPS) is 22.7. The van der Waals surface area contributed by atoms with Gasteiger partial charge in [-0.05, 0) is 49.2 Å². The molecule has 41 heavy (non-hydrogen) atoms. The average molecular weight is 560 g/mol. The Balaban J connectivity index is 1.32. The predicted molar refractivity (Wildman–Crippen MR) is 159 cm³/mol. The maximum absolute atomic E-state index is 12.7. The van der Waals surface area contributed by atoms with Crippen molar-refractivity contribution in [3.05, 3.63) is 60.2 Å². The van der Waals surface area contributed by atoms with Gasteiger partial charge in [-0.1, -0.05) is 18.2 Å². The number of carbonyl (C=O) groups excluding carboxylic acids is 2. The summed E-state index contributed by atoms with van der Waals surface area (Å²) >= 11 is 0. The van der Waals surface area contributed by atoms with Crippen molar-refractivity contribution in [3.8, 4) is 0 Å². The highest BCUT2D eigenvalue weighted by Gasteiger charge is 2.28. The molecule has 0 bridgehead atoms. The number of hydrogen-bond acceptors (Lipinski definition) is 12. The summed E-state index contributed by atoms with van der Waals surface area (Å²) in [6, 6.07) is 15.5. The van der Waals surface area contributed by atoms with Crippen molar-refractivity contribution in [1.82, 2.24) is 15.0 Å². The van der Waals surface area contributed by atoms with Gasteiger partial charge in [-0.15, -0.1) is 0 Å². The second-order valence-corrected chi connectivity index (χ2v) is 10.8. The Kier molecular flexibility index (Phi) is 8.69. The van der Waals surface area contributed by atoms with Crippen LogP contribution in [0.5, 0.6) is 0 Å². The minimum atomic E-state index is -0.372. The van der Waals surface area contributed by atoms with Crippen LogP contribution in [-0.4, -0.2) is 77.0 Å². The quantitative estimate of drug-likeness (QED) is 0.165. The predicted octanol–water partition coefficient (Wildman–Crippen LogP) is 0.556. The smallest absolute Gasteiger partial charge is 0.233 e. The molecule has 2 aliphatic heterocycles. The van der Waals surface area contributed by atoms with Crippen LogP contribution in [0.25, 0.3) is 0 Å². The summed E-state index contributed by atoms with van der Waals surface area (Å²) in [6.07, 6.45) is 1.20. The van der Waals surface area contributed by atoms with Gasteiger partial charge in [0.15, 0.2) is 5.78 Å². The fourth-order valence-corrected chi connectivity index (χ4v) is 5.22. The molecule has 0 radical (unpaired) electrons. The second-order valence-electron chi connectivity index (χ2n) is 10.8. The molecule has 5 rings (SSSR count). The Morgan fingerprint density at radius 3 is 1.73 bits per heavy atom. The number of ketones is 1. The maximum Gasteiger partial charge on any atom is 0.233 e. The molecule has 1 aromatic heterocycles. The molecule has 0 saturated carbocycles. The van der Waals surface area contributed by atoms with Crippen LogP contribution < -0.4 is 43.4 Å². The highest BCUT2D eigenvalue weighted by Crippen LogP contribution is 2.24. The Morgan fingerprint density at radius 2 is 1.22 bits per heavy atom. The molecular weight excluding hydrogens is 522 g/mol. The zero-order valence-electron chi connectivity index (χ0n) is 22.8. The number of piperidine rings is 2. The van der Waals surface area contributed by atoms with Crippen molar-refractivity contribution < 1.29 is 9.59 Å². The van der Waals surface area contributed by atoms with Gasteiger partial charge in [-0.25, -0.2) is 0 Å². The molecule has 2 saturated heterocycles. The number of amides is 1. The fraction of sp³-hybridized carbons (Fsp3) is 0.393. The number of nitrogens with one attached hydrogen (secondary N) is 2. The number of nitrogens with zero attached hydrogens (tertiary/aromatic N) is 5. The summed E-state index contributed by atoms with van der Waals surface area (Å²) in [6.45, 7) is 2.29. The van der Waals surface area contributed by atoms with E-state index in [2.05, 4.69) is 20.6 Å². The number of nitrogens with two attached hydrogens (primary N) is 4. The van der Waals surface area contributed by atoms with E-state index in [-0.39, 0.29) is 42.3 Å². The van der Waals surface area contributed by atoms with E-state index in [4.69, 9.17) is 27.9 Å². The number of carbonyl (C=O) groups is 2. The Labute approximate surface area is 238 Å². The van der Waals surface area contributed by atoms with E-state index in [0.717, 1.165) is 12.8 Å². The van der Waals surface area contributed by atoms with Gasteiger partial charge in [-0.3, -0.25) is 9.59 Å². The van der Waals surface area contributed by atoms with Crippen molar-refractivity contribution in [2.24, 2.45) is 22.9 Å². The van der Waals surface area contributed by atoms with Crippen molar-refractivity contribution in [3.63, 3.8) is 0 Å². The Morgan fingerprint density at radius 1 is 0.707 bits per heavy atom. The molecule has 0 aliphatic carbocycles. The summed E-state index contributed by atoms with van der Waals surface area (Å²) in [5, 5.41) is 5.94. The molecule has 1 amide bonds. The number of aromatic nitrogens is 3. The van der Waals surface area contributed by atoms with Gasteiger partial charge in [0.25, 0.3) is 0 Å². The van der Waals surface area contributed by atoms with E-state index in [1.165, 1.54) is 0 Å². The van der Waals surface area contributed by atoms with Gasteiger partial charge in [0.2, 0.25) is 23.8 Å².